The number of piperazine rings is 1. The van der Waals surface area contributed by atoms with E-state index in [1.165, 1.54) is 0 Å². The normalized spacial score (nSPS) is 24.1. The van der Waals surface area contributed by atoms with Crippen LogP contribution in [0.1, 0.15) is 29.8 Å². The summed E-state index contributed by atoms with van der Waals surface area (Å²) in [5.41, 5.74) is 1.38. The number of nitrogens with one attached hydrogen (secondary N) is 1. The van der Waals surface area contributed by atoms with Crippen LogP contribution in [0.15, 0.2) is 18.2 Å². The van der Waals surface area contributed by atoms with Gasteiger partial charge in [0, 0.05) is 30.7 Å². The monoisotopic (exact) mass is 248 g/mol. The van der Waals surface area contributed by atoms with E-state index in [4.69, 9.17) is 0 Å². The zero-order chi connectivity index (χ0) is 13.3. The van der Waals surface area contributed by atoms with Crippen molar-refractivity contribution < 1.29 is 9.90 Å². The number of carbonyl (C=O) groups excluding carboxylic acids is 1. The fourth-order valence-corrected chi connectivity index (χ4v) is 2.26. The largest absolute Gasteiger partial charge is 0.508 e. The van der Waals surface area contributed by atoms with Gasteiger partial charge in [-0.25, -0.2) is 0 Å². The number of nitrogens with zero attached hydrogens (tertiary/aromatic N) is 1. The third kappa shape index (κ3) is 2.48. The average Bonchev–Trinajstić information content (AvgIpc) is 2.35. The summed E-state index contributed by atoms with van der Waals surface area (Å²) < 4.78 is 0. The van der Waals surface area contributed by atoms with E-state index >= 15 is 0 Å². The molecule has 0 spiro atoms. The van der Waals surface area contributed by atoms with E-state index < -0.39 is 0 Å². The molecule has 1 saturated heterocycles. The van der Waals surface area contributed by atoms with Crippen molar-refractivity contribution in [2.24, 2.45) is 0 Å². The van der Waals surface area contributed by atoms with Gasteiger partial charge >= 0.3 is 0 Å². The lowest BCUT2D eigenvalue weighted by Crippen LogP contribution is -2.56. The Morgan fingerprint density at radius 3 is 2.83 bits per heavy atom. The van der Waals surface area contributed by atoms with Crippen molar-refractivity contribution in [3.8, 4) is 5.75 Å². The Morgan fingerprint density at radius 1 is 1.44 bits per heavy atom. The maximum atomic E-state index is 12.4. The number of amides is 1. The molecule has 2 unspecified atom stereocenters. The molecule has 0 aromatic heterocycles. The molecule has 1 heterocycles. The van der Waals surface area contributed by atoms with Crippen LogP contribution in [-0.2, 0) is 0 Å². The van der Waals surface area contributed by atoms with Crippen molar-refractivity contribution in [3.63, 3.8) is 0 Å². The van der Waals surface area contributed by atoms with Crippen LogP contribution in [0.5, 0.6) is 5.75 Å². The third-order valence-corrected chi connectivity index (χ3v) is 3.47. The fourth-order valence-electron chi connectivity index (χ4n) is 2.26. The van der Waals surface area contributed by atoms with Crippen LogP contribution in [0.25, 0.3) is 0 Å². The molecule has 98 valence electrons. The summed E-state index contributed by atoms with van der Waals surface area (Å²) in [4.78, 5) is 14.3. The molecule has 2 N–H and O–H groups in total. The first kappa shape index (κ1) is 12.9. The van der Waals surface area contributed by atoms with E-state index in [2.05, 4.69) is 12.2 Å². The van der Waals surface area contributed by atoms with Gasteiger partial charge in [0.1, 0.15) is 5.75 Å². The van der Waals surface area contributed by atoms with Gasteiger partial charge in [0.15, 0.2) is 0 Å². The molecule has 0 aliphatic carbocycles. The lowest BCUT2D eigenvalue weighted by Gasteiger charge is -2.37. The molecule has 18 heavy (non-hydrogen) atoms. The first-order valence-corrected chi connectivity index (χ1v) is 6.33. The maximum Gasteiger partial charge on any atom is 0.254 e. The number of carbonyl (C=O) groups is 1. The predicted octanol–water partition coefficient (Wildman–Crippen LogP) is 1.52. The van der Waals surface area contributed by atoms with Gasteiger partial charge in [0.05, 0.1) is 0 Å². The Balaban J connectivity index is 2.21. The predicted molar refractivity (Wildman–Crippen MR) is 70.8 cm³/mol. The molecule has 1 aromatic carbocycles. The molecule has 1 fully saturated rings. The summed E-state index contributed by atoms with van der Waals surface area (Å²) in [7, 11) is 0. The summed E-state index contributed by atoms with van der Waals surface area (Å²) >= 11 is 0. The summed E-state index contributed by atoms with van der Waals surface area (Å²) in [6, 6.07) is 5.53. The highest BCUT2D eigenvalue weighted by molar-refractivity contribution is 5.95. The number of phenolic OH excluding ortho intramolecular Hbond substituents is 1. The molecule has 0 radical (unpaired) electrons. The van der Waals surface area contributed by atoms with Gasteiger partial charge in [-0.05, 0) is 44.5 Å². The lowest BCUT2D eigenvalue weighted by atomic mass is 10.1. The first-order valence-electron chi connectivity index (χ1n) is 6.33. The number of hydrogen-bond donors (Lipinski definition) is 2. The van der Waals surface area contributed by atoms with Gasteiger partial charge in [-0.3, -0.25) is 4.79 Å². The molecule has 1 aliphatic rings. The second-order valence-corrected chi connectivity index (χ2v) is 5.12. The van der Waals surface area contributed by atoms with Gasteiger partial charge in [-0.2, -0.15) is 0 Å². The van der Waals surface area contributed by atoms with Crippen molar-refractivity contribution in [2.45, 2.75) is 32.9 Å². The van der Waals surface area contributed by atoms with Crippen LogP contribution in [0.3, 0.4) is 0 Å². The SMILES string of the molecule is Cc1cc(C(=O)N2CC(C)NCC2C)ccc1O. The Bertz CT molecular complexity index is 459. The molecule has 0 bridgehead atoms. The molecule has 4 nitrogen and oxygen atoms in total. The van der Waals surface area contributed by atoms with Crippen LogP contribution >= 0.6 is 0 Å². The number of aromatic hydroxyl groups is 1. The smallest absolute Gasteiger partial charge is 0.254 e. The van der Waals surface area contributed by atoms with Gasteiger partial charge in [0.2, 0.25) is 0 Å². The van der Waals surface area contributed by atoms with Gasteiger partial charge in [-0.15, -0.1) is 0 Å². The second-order valence-electron chi connectivity index (χ2n) is 5.12. The number of rotatable bonds is 1. The number of hydrogen-bond acceptors (Lipinski definition) is 3. The molecule has 2 rings (SSSR count). The number of aryl methyl sites for hydroxylation is 1. The van der Waals surface area contributed by atoms with Crippen molar-refractivity contribution in [3.05, 3.63) is 29.3 Å². The van der Waals surface area contributed by atoms with Gasteiger partial charge in [-0.1, -0.05) is 0 Å². The van der Waals surface area contributed by atoms with Crippen molar-refractivity contribution >= 4 is 5.91 Å². The summed E-state index contributed by atoms with van der Waals surface area (Å²) in [6.45, 7) is 7.47. The molecule has 2 atom stereocenters. The highest BCUT2D eigenvalue weighted by Crippen LogP contribution is 2.19. The van der Waals surface area contributed by atoms with Crippen LogP contribution in [0, 0.1) is 6.92 Å². The fraction of sp³-hybridized carbons (Fsp3) is 0.500. The second kappa shape index (κ2) is 4.98. The standard InChI is InChI=1S/C14H20N2O2/c1-9-6-12(4-5-13(9)17)14(18)16-8-10(2)15-7-11(16)3/h4-6,10-11,15,17H,7-8H2,1-3H3. The Kier molecular flexibility index (Phi) is 3.57. The minimum absolute atomic E-state index is 0.0407. The quantitative estimate of drug-likeness (QED) is 0.792. The highest BCUT2D eigenvalue weighted by Gasteiger charge is 2.27. The molecule has 0 saturated carbocycles. The van der Waals surface area contributed by atoms with Gasteiger partial charge in [0.25, 0.3) is 5.91 Å². The van der Waals surface area contributed by atoms with E-state index in [0.717, 1.165) is 18.7 Å². The van der Waals surface area contributed by atoms with Crippen LogP contribution < -0.4 is 5.32 Å². The molecule has 1 aromatic rings. The molecule has 1 aliphatic heterocycles. The Morgan fingerprint density at radius 2 is 2.17 bits per heavy atom. The van der Waals surface area contributed by atoms with E-state index in [9.17, 15) is 9.90 Å². The minimum atomic E-state index is 0.0407. The van der Waals surface area contributed by atoms with Crippen LogP contribution in [0.4, 0.5) is 0 Å². The molecule has 4 heteroatoms. The zero-order valence-corrected chi connectivity index (χ0v) is 11.1. The van der Waals surface area contributed by atoms with Crippen molar-refractivity contribution in [2.75, 3.05) is 13.1 Å². The number of benzene rings is 1. The van der Waals surface area contributed by atoms with Crippen LogP contribution in [-0.4, -0.2) is 41.1 Å². The van der Waals surface area contributed by atoms with E-state index in [-0.39, 0.29) is 17.7 Å². The van der Waals surface area contributed by atoms with E-state index in [0.29, 0.717) is 11.6 Å². The Labute approximate surface area is 108 Å². The molecular weight excluding hydrogens is 228 g/mol. The minimum Gasteiger partial charge on any atom is -0.508 e. The average molecular weight is 248 g/mol. The van der Waals surface area contributed by atoms with Gasteiger partial charge < -0.3 is 15.3 Å². The summed E-state index contributed by atoms with van der Waals surface area (Å²) in [5, 5.41) is 12.8. The Hall–Kier alpha value is -1.55. The van der Waals surface area contributed by atoms with Crippen molar-refractivity contribution in [1.82, 2.24) is 10.2 Å². The highest BCUT2D eigenvalue weighted by atomic mass is 16.3. The lowest BCUT2D eigenvalue weighted by molar-refractivity contribution is 0.0616. The summed E-state index contributed by atoms with van der Waals surface area (Å²) in [6.07, 6.45) is 0. The third-order valence-electron chi connectivity index (χ3n) is 3.47. The summed E-state index contributed by atoms with van der Waals surface area (Å²) in [5.74, 6) is 0.271. The van der Waals surface area contributed by atoms with E-state index in [1.807, 2.05) is 11.8 Å². The van der Waals surface area contributed by atoms with Crippen LogP contribution in [0.2, 0.25) is 0 Å². The van der Waals surface area contributed by atoms with Crippen molar-refractivity contribution in [1.29, 1.82) is 0 Å². The number of phenols is 1. The molecule has 1 amide bonds. The maximum absolute atomic E-state index is 12.4. The molecular formula is C14H20N2O2. The zero-order valence-electron chi connectivity index (χ0n) is 11.1. The topological polar surface area (TPSA) is 52.6 Å². The van der Waals surface area contributed by atoms with E-state index in [1.54, 1.807) is 25.1 Å². The first-order chi connectivity index (χ1) is 8.49.